The molecule has 1 aromatic heterocycles. The molecule has 1 aromatic carbocycles. The summed E-state index contributed by atoms with van der Waals surface area (Å²) in [6, 6.07) is 10.2. The average Bonchev–Trinajstić information content (AvgIpc) is 2.55. The number of nitrogens with zero attached hydrogens (tertiary/aromatic N) is 2. The first-order valence-corrected chi connectivity index (χ1v) is 7.09. The minimum absolute atomic E-state index is 0.0312. The van der Waals surface area contributed by atoms with E-state index in [0.29, 0.717) is 16.8 Å². The summed E-state index contributed by atoms with van der Waals surface area (Å²) in [6.45, 7) is 0. The van der Waals surface area contributed by atoms with Gasteiger partial charge >= 0.3 is 6.18 Å². The summed E-state index contributed by atoms with van der Waals surface area (Å²) < 4.78 is 37.5. The minimum atomic E-state index is -4.52. The first-order valence-electron chi connectivity index (χ1n) is 6.71. The average molecular weight is 351 g/mol. The minimum Gasteiger partial charge on any atom is -0.293 e. The normalized spacial score (nSPS) is 12.8. The van der Waals surface area contributed by atoms with E-state index in [-0.39, 0.29) is 5.69 Å². The molecule has 0 bridgehead atoms. The number of nitriles is 1. The molecule has 0 N–H and O–H groups in total. The molecule has 0 saturated heterocycles. The lowest BCUT2D eigenvalue weighted by Crippen LogP contribution is -2.11. The van der Waals surface area contributed by atoms with Gasteiger partial charge in [0.2, 0.25) is 0 Å². The number of carbonyl (C=O) groups excluding carboxylic acids is 1. The smallest absolute Gasteiger partial charge is 0.293 e. The Kier molecular flexibility index (Phi) is 5.37. The zero-order valence-electron chi connectivity index (χ0n) is 12.1. The van der Waals surface area contributed by atoms with E-state index in [4.69, 9.17) is 16.9 Å². The van der Waals surface area contributed by atoms with Crippen LogP contribution >= 0.6 is 11.6 Å². The van der Waals surface area contributed by atoms with Gasteiger partial charge in [0.15, 0.2) is 11.7 Å². The van der Waals surface area contributed by atoms with Crippen LogP contribution in [-0.4, -0.2) is 10.8 Å². The van der Waals surface area contributed by atoms with E-state index >= 15 is 0 Å². The second-order valence-corrected chi connectivity index (χ2v) is 5.26. The van der Waals surface area contributed by atoms with Gasteiger partial charge in [-0.05, 0) is 35.9 Å². The summed E-state index contributed by atoms with van der Waals surface area (Å²) in [7, 11) is 0. The molecule has 0 aliphatic carbocycles. The molecule has 0 amide bonds. The number of ketones is 1. The van der Waals surface area contributed by atoms with Crippen LogP contribution < -0.4 is 0 Å². The highest BCUT2D eigenvalue weighted by atomic mass is 35.5. The van der Waals surface area contributed by atoms with Gasteiger partial charge in [-0.3, -0.25) is 9.78 Å². The fraction of sp³-hybridized carbons (Fsp3) is 0.118. The van der Waals surface area contributed by atoms with E-state index in [1.165, 1.54) is 12.2 Å². The van der Waals surface area contributed by atoms with Gasteiger partial charge in [0.05, 0.1) is 17.3 Å². The highest BCUT2D eigenvalue weighted by molar-refractivity contribution is 6.30. The highest BCUT2D eigenvalue weighted by Gasteiger charge is 2.31. The molecule has 24 heavy (non-hydrogen) atoms. The van der Waals surface area contributed by atoms with Crippen molar-refractivity contribution in [1.29, 1.82) is 5.26 Å². The molecule has 0 radical (unpaired) electrons. The summed E-state index contributed by atoms with van der Waals surface area (Å²) in [6.07, 6.45) is -1.23. The van der Waals surface area contributed by atoms with Crippen LogP contribution in [0.5, 0.6) is 0 Å². The number of carbonyl (C=O) groups is 1. The van der Waals surface area contributed by atoms with Gasteiger partial charge in [-0.2, -0.15) is 18.4 Å². The number of hydrogen-bond donors (Lipinski definition) is 0. The summed E-state index contributed by atoms with van der Waals surface area (Å²) in [4.78, 5) is 15.7. The number of benzene rings is 1. The zero-order valence-corrected chi connectivity index (χ0v) is 12.8. The molecule has 0 aliphatic rings. The van der Waals surface area contributed by atoms with E-state index in [9.17, 15) is 18.0 Å². The Bertz CT molecular complexity index is 791. The van der Waals surface area contributed by atoms with E-state index in [1.54, 1.807) is 30.3 Å². The summed E-state index contributed by atoms with van der Waals surface area (Å²) in [5.41, 5.74) is -0.270. The van der Waals surface area contributed by atoms with Crippen molar-refractivity contribution in [3.8, 4) is 6.07 Å². The Labute approximate surface area is 141 Å². The Hall–Kier alpha value is -2.65. The predicted octanol–water partition coefficient (Wildman–Crippen LogP) is 4.64. The second-order valence-electron chi connectivity index (χ2n) is 4.82. The monoisotopic (exact) mass is 350 g/mol. The molecule has 0 saturated carbocycles. The molecule has 1 heterocycles. The predicted molar refractivity (Wildman–Crippen MR) is 83.1 cm³/mol. The lowest BCUT2D eigenvalue weighted by molar-refractivity contribution is -0.137. The topological polar surface area (TPSA) is 53.8 Å². The maximum Gasteiger partial charge on any atom is 0.417 e. The molecular weight excluding hydrogens is 341 g/mol. The Morgan fingerprint density at radius 2 is 1.88 bits per heavy atom. The van der Waals surface area contributed by atoms with Crippen LogP contribution in [0.2, 0.25) is 5.02 Å². The number of alkyl halides is 3. The standard InChI is InChI=1S/C17H10ClF3N2O/c18-13-5-1-11(2-6-13)3-8-16(24)14(9-22)15-7-4-12(10-23-15)17(19,20)21/h1-8,10,14H/b8-3+. The number of allylic oxidation sites excluding steroid dienone is 1. The van der Waals surface area contributed by atoms with Gasteiger partial charge in [-0.1, -0.05) is 29.8 Å². The van der Waals surface area contributed by atoms with Crippen molar-refractivity contribution in [2.75, 3.05) is 0 Å². The molecule has 2 aromatic rings. The van der Waals surface area contributed by atoms with Crippen molar-refractivity contribution in [3.05, 3.63) is 70.5 Å². The second kappa shape index (κ2) is 7.28. The lowest BCUT2D eigenvalue weighted by atomic mass is 9.99. The van der Waals surface area contributed by atoms with Crippen LogP contribution in [0.1, 0.15) is 22.7 Å². The molecule has 1 atom stereocenters. The quantitative estimate of drug-likeness (QED) is 0.754. The Balaban J connectivity index is 2.17. The van der Waals surface area contributed by atoms with E-state index in [0.717, 1.165) is 12.1 Å². The van der Waals surface area contributed by atoms with Crippen molar-refractivity contribution in [1.82, 2.24) is 4.98 Å². The van der Waals surface area contributed by atoms with Crippen LogP contribution in [-0.2, 0) is 11.0 Å². The third-order valence-electron chi connectivity index (χ3n) is 3.13. The van der Waals surface area contributed by atoms with Crippen LogP contribution in [0.4, 0.5) is 13.2 Å². The number of hydrogen-bond acceptors (Lipinski definition) is 3. The largest absolute Gasteiger partial charge is 0.417 e. The van der Waals surface area contributed by atoms with Gasteiger partial charge in [0, 0.05) is 11.2 Å². The number of rotatable bonds is 4. The number of aromatic nitrogens is 1. The highest BCUT2D eigenvalue weighted by Crippen LogP contribution is 2.29. The van der Waals surface area contributed by atoms with Gasteiger partial charge < -0.3 is 0 Å². The van der Waals surface area contributed by atoms with Crippen LogP contribution in [0, 0.1) is 11.3 Å². The maximum atomic E-state index is 12.5. The van der Waals surface area contributed by atoms with Crippen LogP contribution in [0.3, 0.4) is 0 Å². The Morgan fingerprint density at radius 3 is 2.38 bits per heavy atom. The fourth-order valence-corrected chi connectivity index (χ4v) is 1.99. The number of halogens is 4. The fourth-order valence-electron chi connectivity index (χ4n) is 1.87. The third kappa shape index (κ3) is 4.43. The van der Waals surface area contributed by atoms with Crippen molar-refractivity contribution >= 4 is 23.5 Å². The van der Waals surface area contributed by atoms with Crippen molar-refractivity contribution in [2.24, 2.45) is 0 Å². The molecule has 3 nitrogen and oxygen atoms in total. The number of pyridine rings is 1. The summed E-state index contributed by atoms with van der Waals surface area (Å²) in [5, 5.41) is 9.67. The molecule has 7 heteroatoms. The SMILES string of the molecule is N#CC(C(=O)/C=C/c1ccc(Cl)cc1)c1ccc(C(F)(F)F)cn1. The first kappa shape index (κ1) is 17.7. The van der Waals surface area contributed by atoms with Crippen molar-refractivity contribution < 1.29 is 18.0 Å². The molecule has 0 aliphatic heterocycles. The van der Waals surface area contributed by atoms with Crippen molar-refractivity contribution in [2.45, 2.75) is 12.1 Å². The van der Waals surface area contributed by atoms with Gasteiger partial charge in [0.1, 0.15) is 0 Å². The first-order chi connectivity index (χ1) is 11.3. The maximum absolute atomic E-state index is 12.5. The summed E-state index contributed by atoms with van der Waals surface area (Å²) in [5.74, 6) is -1.84. The summed E-state index contributed by atoms with van der Waals surface area (Å²) >= 11 is 5.75. The zero-order chi connectivity index (χ0) is 17.7. The third-order valence-corrected chi connectivity index (χ3v) is 3.39. The lowest BCUT2D eigenvalue weighted by Gasteiger charge is -2.08. The molecule has 122 valence electrons. The van der Waals surface area contributed by atoms with Gasteiger partial charge in [0.25, 0.3) is 0 Å². The van der Waals surface area contributed by atoms with Crippen LogP contribution in [0.15, 0.2) is 48.7 Å². The molecule has 0 fully saturated rings. The molecule has 1 unspecified atom stereocenters. The molecular formula is C17H10ClF3N2O. The van der Waals surface area contributed by atoms with E-state index in [2.05, 4.69) is 4.98 Å². The van der Waals surface area contributed by atoms with Crippen molar-refractivity contribution in [3.63, 3.8) is 0 Å². The Morgan fingerprint density at radius 1 is 1.21 bits per heavy atom. The molecule has 0 spiro atoms. The molecule has 2 rings (SSSR count). The van der Waals surface area contributed by atoms with Gasteiger partial charge in [-0.25, -0.2) is 0 Å². The van der Waals surface area contributed by atoms with Crippen LogP contribution in [0.25, 0.3) is 6.08 Å². The van der Waals surface area contributed by atoms with E-state index in [1.807, 2.05) is 0 Å². The van der Waals surface area contributed by atoms with E-state index < -0.39 is 23.4 Å². The van der Waals surface area contributed by atoms with Gasteiger partial charge in [-0.15, -0.1) is 0 Å².